The monoisotopic (exact) mass is 289 g/mol. The number of anilines is 1. The van der Waals surface area contributed by atoms with Crippen molar-refractivity contribution in [1.29, 1.82) is 0 Å². The summed E-state index contributed by atoms with van der Waals surface area (Å²) in [5.41, 5.74) is 1.93. The number of hydrogen-bond donors (Lipinski definition) is 2. The Hall–Kier alpha value is -1.72. The van der Waals surface area contributed by atoms with Gasteiger partial charge in [-0.05, 0) is 49.8 Å². The van der Waals surface area contributed by atoms with Gasteiger partial charge >= 0.3 is 0 Å². The largest absolute Gasteiger partial charge is 0.382 e. The first-order valence-electron chi connectivity index (χ1n) is 6.77. The van der Waals surface area contributed by atoms with Gasteiger partial charge in [-0.2, -0.15) is 0 Å². The van der Waals surface area contributed by atoms with E-state index < -0.39 is 0 Å². The summed E-state index contributed by atoms with van der Waals surface area (Å²) in [7, 11) is 0. The summed E-state index contributed by atoms with van der Waals surface area (Å²) < 4.78 is 5.28. The van der Waals surface area contributed by atoms with Crippen LogP contribution < -0.4 is 10.6 Å². The Kier molecular flexibility index (Phi) is 5.70. The normalized spacial score (nSPS) is 10.4. The lowest BCUT2D eigenvalue weighted by Crippen LogP contribution is -2.29. The van der Waals surface area contributed by atoms with Crippen molar-refractivity contribution in [3.05, 3.63) is 36.5 Å². The molecule has 2 aromatic rings. The second-order valence-electron chi connectivity index (χ2n) is 4.31. The van der Waals surface area contributed by atoms with E-state index in [1.165, 1.54) is 0 Å². The first-order chi connectivity index (χ1) is 9.81. The fourth-order valence-electron chi connectivity index (χ4n) is 1.90. The van der Waals surface area contributed by atoms with Crippen molar-refractivity contribution >= 4 is 33.9 Å². The Balaban J connectivity index is 1.90. The molecule has 0 aliphatic heterocycles. The number of hydrogen-bond acceptors (Lipinski definition) is 3. The molecule has 0 bridgehead atoms. The lowest BCUT2D eigenvalue weighted by atomic mass is 10.2. The maximum absolute atomic E-state index is 5.29. The Labute approximate surface area is 124 Å². The van der Waals surface area contributed by atoms with Crippen LogP contribution >= 0.6 is 12.2 Å². The second-order valence-corrected chi connectivity index (χ2v) is 4.72. The molecule has 5 heteroatoms. The van der Waals surface area contributed by atoms with E-state index in [2.05, 4.69) is 15.6 Å². The third-order valence-electron chi connectivity index (χ3n) is 2.85. The lowest BCUT2D eigenvalue weighted by Gasteiger charge is -2.12. The van der Waals surface area contributed by atoms with Crippen LogP contribution in [0, 0.1) is 0 Å². The van der Waals surface area contributed by atoms with Crippen LogP contribution in [0.4, 0.5) is 5.69 Å². The minimum atomic E-state index is 0.623. The molecule has 20 heavy (non-hydrogen) atoms. The number of benzene rings is 1. The molecule has 2 N–H and O–H groups in total. The highest BCUT2D eigenvalue weighted by Gasteiger charge is 2.02. The van der Waals surface area contributed by atoms with Gasteiger partial charge in [-0.1, -0.05) is 6.07 Å². The van der Waals surface area contributed by atoms with Gasteiger partial charge < -0.3 is 15.4 Å². The Bertz CT molecular complexity index is 569. The molecule has 1 heterocycles. The zero-order chi connectivity index (χ0) is 14.2. The number of nitrogens with one attached hydrogen (secondary N) is 2. The molecule has 0 aliphatic rings. The smallest absolute Gasteiger partial charge is 0.170 e. The summed E-state index contributed by atoms with van der Waals surface area (Å²) in [6.07, 6.45) is 2.73. The molecular weight excluding hydrogens is 270 g/mol. The number of pyridine rings is 1. The van der Waals surface area contributed by atoms with Gasteiger partial charge in [0, 0.05) is 37.0 Å². The van der Waals surface area contributed by atoms with Crippen molar-refractivity contribution in [3.63, 3.8) is 0 Å². The van der Waals surface area contributed by atoms with Crippen molar-refractivity contribution in [1.82, 2.24) is 10.3 Å². The van der Waals surface area contributed by atoms with Crippen molar-refractivity contribution < 1.29 is 4.74 Å². The summed E-state index contributed by atoms with van der Waals surface area (Å²) in [4.78, 5) is 4.32. The van der Waals surface area contributed by atoms with E-state index in [-0.39, 0.29) is 0 Å². The van der Waals surface area contributed by atoms with Gasteiger partial charge in [-0.3, -0.25) is 4.98 Å². The third-order valence-corrected chi connectivity index (χ3v) is 3.10. The number of ether oxygens (including phenoxy) is 1. The maximum Gasteiger partial charge on any atom is 0.170 e. The predicted molar refractivity (Wildman–Crippen MR) is 87.1 cm³/mol. The van der Waals surface area contributed by atoms with Crippen LogP contribution in [-0.2, 0) is 4.74 Å². The second kappa shape index (κ2) is 7.77. The van der Waals surface area contributed by atoms with Crippen LogP contribution in [0.2, 0.25) is 0 Å². The molecule has 0 radical (unpaired) electrons. The molecule has 0 saturated heterocycles. The Morgan fingerprint density at radius 3 is 3.05 bits per heavy atom. The maximum atomic E-state index is 5.29. The van der Waals surface area contributed by atoms with Gasteiger partial charge in [0.05, 0.1) is 5.52 Å². The number of rotatable bonds is 6. The number of aromatic nitrogens is 1. The van der Waals surface area contributed by atoms with Gasteiger partial charge in [-0.25, -0.2) is 0 Å². The van der Waals surface area contributed by atoms with Crippen LogP contribution in [0.3, 0.4) is 0 Å². The molecule has 0 spiro atoms. The lowest BCUT2D eigenvalue weighted by molar-refractivity contribution is 0.146. The third kappa shape index (κ3) is 4.15. The highest BCUT2D eigenvalue weighted by atomic mass is 32.1. The highest BCUT2D eigenvalue weighted by molar-refractivity contribution is 7.80. The van der Waals surface area contributed by atoms with Crippen molar-refractivity contribution in [3.8, 4) is 0 Å². The van der Waals surface area contributed by atoms with Crippen LogP contribution in [0.5, 0.6) is 0 Å². The SMILES string of the molecule is CCOCCCNC(=S)Nc1cccc2ncccc12. The van der Waals surface area contributed by atoms with E-state index in [4.69, 9.17) is 17.0 Å². The summed E-state index contributed by atoms with van der Waals surface area (Å²) >= 11 is 5.29. The zero-order valence-corrected chi connectivity index (χ0v) is 12.4. The van der Waals surface area contributed by atoms with Gasteiger partial charge in [0.1, 0.15) is 0 Å². The molecule has 0 fully saturated rings. The molecule has 2 rings (SSSR count). The quantitative estimate of drug-likeness (QED) is 0.632. The van der Waals surface area contributed by atoms with Crippen molar-refractivity contribution in [2.24, 2.45) is 0 Å². The van der Waals surface area contributed by atoms with Gasteiger partial charge in [0.2, 0.25) is 0 Å². The van der Waals surface area contributed by atoms with E-state index in [1.807, 2.05) is 37.3 Å². The van der Waals surface area contributed by atoms with Crippen molar-refractivity contribution in [2.45, 2.75) is 13.3 Å². The molecule has 0 atom stereocenters. The first kappa shape index (κ1) is 14.7. The topological polar surface area (TPSA) is 46.2 Å². The summed E-state index contributed by atoms with van der Waals surface area (Å²) in [5, 5.41) is 8.08. The van der Waals surface area contributed by atoms with E-state index in [0.717, 1.165) is 42.8 Å². The highest BCUT2D eigenvalue weighted by Crippen LogP contribution is 2.20. The first-order valence-corrected chi connectivity index (χ1v) is 7.18. The van der Waals surface area contributed by atoms with E-state index in [0.29, 0.717) is 5.11 Å². The van der Waals surface area contributed by atoms with Crippen LogP contribution in [0.15, 0.2) is 36.5 Å². The minimum Gasteiger partial charge on any atom is -0.382 e. The molecule has 0 saturated carbocycles. The fraction of sp³-hybridized carbons (Fsp3) is 0.333. The predicted octanol–water partition coefficient (Wildman–Crippen LogP) is 2.95. The molecule has 0 aliphatic carbocycles. The van der Waals surface area contributed by atoms with Crippen molar-refractivity contribution in [2.75, 3.05) is 25.1 Å². The number of nitrogens with zero attached hydrogens (tertiary/aromatic N) is 1. The van der Waals surface area contributed by atoms with Gasteiger partial charge in [0.15, 0.2) is 5.11 Å². The van der Waals surface area contributed by atoms with Crippen LogP contribution in [-0.4, -0.2) is 29.9 Å². The molecule has 1 aromatic heterocycles. The zero-order valence-electron chi connectivity index (χ0n) is 11.6. The van der Waals surface area contributed by atoms with E-state index in [9.17, 15) is 0 Å². The number of thiocarbonyl (C=S) groups is 1. The van der Waals surface area contributed by atoms with E-state index >= 15 is 0 Å². The van der Waals surface area contributed by atoms with Gasteiger partial charge in [0.25, 0.3) is 0 Å². The molecular formula is C15H19N3OS. The Morgan fingerprint density at radius 1 is 1.30 bits per heavy atom. The summed E-state index contributed by atoms with van der Waals surface area (Å²) in [5.74, 6) is 0. The average molecular weight is 289 g/mol. The van der Waals surface area contributed by atoms with Crippen LogP contribution in [0.25, 0.3) is 10.9 Å². The average Bonchev–Trinajstić information content (AvgIpc) is 2.47. The molecule has 4 nitrogen and oxygen atoms in total. The number of fused-ring (bicyclic) bond motifs is 1. The molecule has 1 aromatic carbocycles. The molecule has 0 unspecified atom stereocenters. The molecule has 106 valence electrons. The summed E-state index contributed by atoms with van der Waals surface area (Å²) in [6.45, 7) is 4.30. The summed E-state index contributed by atoms with van der Waals surface area (Å²) in [6, 6.07) is 9.90. The van der Waals surface area contributed by atoms with Gasteiger partial charge in [-0.15, -0.1) is 0 Å². The standard InChI is InChI=1S/C15H19N3OS/c1-2-19-11-5-10-17-15(20)18-14-8-3-7-13-12(14)6-4-9-16-13/h3-4,6-9H,2,5,10-11H2,1H3,(H2,17,18,20). The minimum absolute atomic E-state index is 0.623. The Morgan fingerprint density at radius 2 is 2.20 bits per heavy atom. The fourth-order valence-corrected chi connectivity index (χ4v) is 2.11. The van der Waals surface area contributed by atoms with Crippen LogP contribution in [0.1, 0.15) is 13.3 Å². The molecule has 0 amide bonds. The van der Waals surface area contributed by atoms with E-state index in [1.54, 1.807) is 6.20 Å².